The van der Waals surface area contributed by atoms with E-state index in [9.17, 15) is 9.59 Å². The van der Waals surface area contributed by atoms with Gasteiger partial charge in [-0.25, -0.2) is 0 Å². The minimum atomic E-state index is -0.582. The molecule has 1 unspecified atom stereocenters. The highest BCUT2D eigenvalue weighted by Crippen LogP contribution is 2.23. The highest BCUT2D eigenvalue weighted by molar-refractivity contribution is 6.32. The van der Waals surface area contributed by atoms with Crippen LogP contribution >= 0.6 is 11.6 Å². The van der Waals surface area contributed by atoms with Gasteiger partial charge in [-0.2, -0.15) is 0 Å². The summed E-state index contributed by atoms with van der Waals surface area (Å²) in [6.07, 6.45) is 0.502. The molecule has 0 aliphatic rings. The summed E-state index contributed by atoms with van der Waals surface area (Å²) < 4.78 is 5.64. The van der Waals surface area contributed by atoms with Crippen molar-refractivity contribution in [2.45, 2.75) is 52.7 Å². The summed E-state index contributed by atoms with van der Waals surface area (Å²) in [5.74, 6) is 0.00874. The molecule has 1 atom stereocenters. The summed E-state index contributed by atoms with van der Waals surface area (Å²) in [5.41, 5.74) is 2.09. The number of amides is 2. The summed E-state index contributed by atoms with van der Waals surface area (Å²) in [6, 6.07) is 14.3. The molecule has 0 bridgehead atoms. The third-order valence-electron chi connectivity index (χ3n) is 4.48. The Hall–Kier alpha value is -2.53. The fourth-order valence-electron chi connectivity index (χ4n) is 2.97. The third-order valence-corrected chi connectivity index (χ3v) is 4.79. The van der Waals surface area contributed by atoms with E-state index in [1.54, 1.807) is 29.2 Å². The number of aryl methyl sites for hydroxylation is 1. The smallest absolute Gasteiger partial charge is 0.261 e. The monoisotopic (exact) mass is 416 g/mol. The van der Waals surface area contributed by atoms with Crippen molar-refractivity contribution < 1.29 is 14.3 Å². The van der Waals surface area contributed by atoms with Crippen LogP contribution in [0.1, 0.15) is 38.3 Å². The first-order valence-corrected chi connectivity index (χ1v) is 10.2. The molecule has 0 saturated heterocycles. The van der Waals surface area contributed by atoms with E-state index in [-0.39, 0.29) is 24.5 Å². The van der Waals surface area contributed by atoms with E-state index in [2.05, 4.69) is 5.32 Å². The van der Waals surface area contributed by atoms with Gasteiger partial charge in [-0.3, -0.25) is 9.59 Å². The number of carbonyl (C=O) groups excluding carboxylic acids is 2. The van der Waals surface area contributed by atoms with Crippen LogP contribution in [-0.2, 0) is 16.1 Å². The first-order chi connectivity index (χ1) is 13.8. The lowest BCUT2D eigenvalue weighted by molar-refractivity contribution is -0.143. The number of hydrogen-bond acceptors (Lipinski definition) is 3. The standard InChI is InChI=1S/C23H29ClN2O3/c1-5-20(23(28)25-16(2)3)26(14-18-12-10-17(4)11-13-18)22(27)15-29-21-9-7-6-8-19(21)24/h6-13,16,20H,5,14-15H2,1-4H3,(H,25,28). The molecular weight excluding hydrogens is 388 g/mol. The molecule has 0 spiro atoms. The number of rotatable bonds is 9. The zero-order chi connectivity index (χ0) is 21.4. The van der Waals surface area contributed by atoms with E-state index in [1.165, 1.54) is 0 Å². The Balaban J connectivity index is 2.21. The van der Waals surface area contributed by atoms with Crippen molar-refractivity contribution in [3.05, 3.63) is 64.7 Å². The maximum atomic E-state index is 13.1. The molecule has 156 valence electrons. The Morgan fingerprint density at radius 2 is 1.76 bits per heavy atom. The fourth-order valence-corrected chi connectivity index (χ4v) is 3.16. The molecule has 29 heavy (non-hydrogen) atoms. The maximum Gasteiger partial charge on any atom is 0.261 e. The molecule has 0 radical (unpaired) electrons. The first kappa shape index (κ1) is 22.8. The zero-order valence-corrected chi connectivity index (χ0v) is 18.2. The number of nitrogens with zero attached hydrogens (tertiary/aromatic N) is 1. The van der Waals surface area contributed by atoms with E-state index in [0.717, 1.165) is 11.1 Å². The minimum absolute atomic E-state index is 0.00717. The van der Waals surface area contributed by atoms with Crippen LogP contribution in [-0.4, -0.2) is 35.4 Å². The average Bonchev–Trinajstić information content (AvgIpc) is 2.68. The first-order valence-electron chi connectivity index (χ1n) is 9.84. The van der Waals surface area contributed by atoms with Gasteiger partial charge in [0.2, 0.25) is 5.91 Å². The lowest BCUT2D eigenvalue weighted by Gasteiger charge is -2.31. The number of carbonyl (C=O) groups is 2. The number of benzene rings is 2. The second-order valence-electron chi connectivity index (χ2n) is 7.31. The van der Waals surface area contributed by atoms with E-state index in [4.69, 9.17) is 16.3 Å². The molecule has 2 rings (SSSR count). The normalized spacial score (nSPS) is 11.8. The molecule has 2 aromatic rings. The topological polar surface area (TPSA) is 58.6 Å². The predicted molar refractivity (Wildman–Crippen MR) is 116 cm³/mol. The van der Waals surface area contributed by atoms with Gasteiger partial charge in [-0.1, -0.05) is 60.5 Å². The van der Waals surface area contributed by atoms with Crippen molar-refractivity contribution in [2.75, 3.05) is 6.61 Å². The lowest BCUT2D eigenvalue weighted by Crippen LogP contribution is -2.51. The van der Waals surface area contributed by atoms with Gasteiger partial charge < -0.3 is 15.0 Å². The molecule has 6 heteroatoms. The summed E-state index contributed by atoms with van der Waals surface area (Å²) in [5, 5.41) is 3.35. The van der Waals surface area contributed by atoms with Crippen LogP contribution in [0.25, 0.3) is 0 Å². The number of halogens is 1. The number of hydrogen-bond donors (Lipinski definition) is 1. The average molecular weight is 417 g/mol. The molecule has 0 aromatic heterocycles. The van der Waals surface area contributed by atoms with Crippen molar-refractivity contribution in [1.82, 2.24) is 10.2 Å². The number of para-hydroxylation sites is 1. The summed E-state index contributed by atoms with van der Waals surface area (Å²) in [7, 11) is 0. The number of ether oxygens (including phenoxy) is 1. The molecule has 0 heterocycles. The van der Waals surface area contributed by atoms with Gasteiger partial charge in [-0.15, -0.1) is 0 Å². The largest absolute Gasteiger partial charge is 0.482 e. The van der Waals surface area contributed by atoms with Gasteiger partial charge >= 0.3 is 0 Å². The van der Waals surface area contributed by atoms with Crippen LogP contribution in [0.15, 0.2) is 48.5 Å². The molecular formula is C23H29ClN2O3. The van der Waals surface area contributed by atoms with Crippen molar-refractivity contribution in [2.24, 2.45) is 0 Å². The second-order valence-corrected chi connectivity index (χ2v) is 7.72. The van der Waals surface area contributed by atoms with Gasteiger partial charge in [0, 0.05) is 12.6 Å². The van der Waals surface area contributed by atoms with Crippen LogP contribution < -0.4 is 10.1 Å². The maximum absolute atomic E-state index is 13.1. The van der Waals surface area contributed by atoms with Crippen LogP contribution in [0, 0.1) is 6.92 Å². The molecule has 0 saturated carbocycles. The van der Waals surface area contributed by atoms with Gasteiger partial charge in [0.05, 0.1) is 5.02 Å². The van der Waals surface area contributed by atoms with E-state index >= 15 is 0 Å². The molecule has 0 aliphatic carbocycles. The van der Waals surface area contributed by atoms with Gasteiger partial charge in [0.25, 0.3) is 5.91 Å². The van der Waals surface area contributed by atoms with Crippen molar-refractivity contribution >= 4 is 23.4 Å². The van der Waals surface area contributed by atoms with E-state index in [0.29, 0.717) is 23.7 Å². The van der Waals surface area contributed by atoms with Crippen LogP contribution in [0.3, 0.4) is 0 Å². The molecule has 1 N–H and O–H groups in total. The molecule has 2 aromatic carbocycles. The number of nitrogens with one attached hydrogen (secondary N) is 1. The van der Waals surface area contributed by atoms with Crippen molar-refractivity contribution in [3.63, 3.8) is 0 Å². The Morgan fingerprint density at radius 3 is 2.34 bits per heavy atom. The Bertz CT molecular complexity index is 821. The van der Waals surface area contributed by atoms with Crippen LogP contribution in [0.4, 0.5) is 0 Å². The second kappa shape index (κ2) is 10.9. The van der Waals surface area contributed by atoms with E-state index in [1.807, 2.05) is 52.0 Å². The van der Waals surface area contributed by atoms with Gasteiger partial charge in [0.1, 0.15) is 11.8 Å². The van der Waals surface area contributed by atoms with Crippen molar-refractivity contribution in [3.8, 4) is 5.75 Å². The van der Waals surface area contributed by atoms with Crippen LogP contribution in [0.5, 0.6) is 5.75 Å². The summed E-state index contributed by atoms with van der Waals surface area (Å²) in [4.78, 5) is 27.4. The zero-order valence-electron chi connectivity index (χ0n) is 17.4. The summed E-state index contributed by atoms with van der Waals surface area (Å²) in [6.45, 7) is 7.84. The SMILES string of the molecule is CCC(C(=O)NC(C)C)N(Cc1ccc(C)cc1)C(=O)COc1ccccc1Cl. The quantitative estimate of drug-likeness (QED) is 0.660. The van der Waals surface area contributed by atoms with Gasteiger partial charge in [-0.05, 0) is 44.9 Å². The lowest BCUT2D eigenvalue weighted by atomic mass is 10.1. The molecule has 0 fully saturated rings. The van der Waals surface area contributed by atoms with Crippen LogP contribution in [0.2, 0.25) is 5.02 Å². The highest BCUT2D eigenvalue weighted by atomic mass is 35.5. The molecule has 5 nitrogen and oxygen atoms in total. The summed E-state index contributed by atoms with van der Waals surface area (Å²) >= 11 is 6.12. The molecule has 2 amide bonds. The van der Waals surface area contributed by atoms with Crippen molar-refractivity contribution in [1.29, 1.82) is 0 Å². The fraction of sp³-hybridized carbons (Fsp3) is 0.391. The predicted octanol–water partition coefficient (Wildman–Crippen LogP) is 4.36. The third kappa shape index (κ3) is 6.79. The Kier molecular flexibility index (Phi) is 8.52. The molecule has 0 aliphatic heterocycles. The Morgan fingerprint density at radius 1 is 1.10 bits per heavy atom. The van der Waals surface area contributed by atoms with Gasteiger partial charge in [0.15, 0.2) is 6.61 Å². The highest BCUT2D eigenvalue weighted by Gasteiger charge is 2.29. The van der Waals surface area contributed by atoms with E-state index < -0.39 is 6.04 Å². The minimum Gasteiger partial charge on any atom is -0.482 e. The Labute approximate surface area is 178 Å².